The van der Waals surface area contributed by atoms with Gasteiger partial charge in [0.15, 0.2) is 0 Å². The summed E-state index contributed by atoms with van der Waals surface area (Å²) in [5.41, 5.74) is 0.193. The van der Waals surface area contributed by atoms with Gasteiger partial charge in [0, 0.05) is 5.92 Å². The molecule has 1 saturated carbocycles. The summed E-state index contributed by atoms with van der Waals surface area (Å²) in [6, 6.07) is -0.145. The largest absolute Gasteiger partial charge is 0.342 e. The molecule has 1 N–H and O–H groups in total. The minimum atomic E-state index is -0.145. The highest BCUT2D eigenvalue weighted by Gasteiger charge is 2.50. The number of rotatable bonds is 2. The lowest BCUT2D eigenvalue weighted by molar-refractivity contribution is -0.123. The van der Waals surface area contributed by atoms with E-state index in [2.05, 4.69) is 25.1 Å². The van der Waals surface area contributed by atoms with E-state index in [0.29, 0.717) is 0 Å². The standard InChI is InChI=1S/C10H15NO/c1-5-7(2)11-9(12)8-6-10(8,3)4/h1,7-8H,6H2,2-4H3,(H,11,12)/t7?,8-/m1/s1. The zero-order chi connectivity index (χ0) is 9.35. The van der Waals surface area contributed by atoms with Gasteiger partial charge in [-0.15, -0.1) is 6.42 Å². The van der Waals surface area contributed by atoms with E-state index in [1.54, 1.807) is 0 Å². The van der Waals surface area contributed by atoms with E-state index in [9.17, 15) is 4.79 Å². The molecule has 2 nitrogen and oxygen atoms in total. The molecule has 1 rings (SSSR count). The molecule has 0 bridgehead atoms. The van der Waals surface area contributed by atoms with Crippen LogP contribution < -0.4 is 5.32 Å². The number of carbonyl (C=O) groups excluding carboxylic acids is 1. The fraction of sp³-hybridized carbons (Fsp3) is 0.700. The lowest BCUT2D eigenvalue weighted by Crippen LogP contribution is -2.33. The molecule has 0 aromatic heterocycles. The summed E-state index contributed by atoms with van der Waals surface area (Å²) in [5.74, 6) is 2.75. The highest BCUT2D eigenvalue weighted by molar-refractivity contribution is 5.82. The van der Waals surface area contributed by atoms with Gasteiger partial charge in [0.05, 0.1) is 6.04 Å². The van der Waals surface area contributed by atoms with Crippen LogP contribution in [0, 0.1) is 23.7 Å². The molecule has 0 aromatic carbocycles. The smallest absolute Gasteiger partial charge is 0.224 e. The van der Waals surface area contributed by atoms with Crippen LogP contribution in [0.4, 0.5) is 0 Å². The number of nitrogens with one attached hydrogen (secondary N) is 1. The zero-order valence-corrected chi connectivity index (χ0v) is 7.85. The third-order valence-corrected chi connectivity index (χ3v) is 2.44. The van der Waals surface area contributed by atoms with E-state index in [1.807, 2.05) is 6.92 Å². The van der Waals surface area contributed by atoms with Crippen LogP contribution in [0.5, 0.6) is 0 Å². The second-order valence-corrected chi connectivity index (χ2v) is 4.14. The summed E-state index contributed by atoms with van der Waals surface area (Å²) < 4.78 is 0. The molecule has 66 valence electrons. The van der Waals surface area contributed by atoms with Crippen LogP contribution in [0.3, 0.4) is 0 Å². The Hall–Kier alpha value is -0.970. The Morgan fingerprint density at radius 1 is 1.75 bits per heavy atom. The van der Waals surface area contributed by atoms with Crippen molar-refractivity contribution >= 4 is 5.91 Å². The predicted octanol–water partition coefficient (Wildman–Crippen LogP) is 1.17. The first-order valence-electron chi connectivity index (χ1n) is 4.24. The van der Waals surface area contributed by atoms with Crippen molar-refractivity contribution < 1.29 is 4.79 Å². The summed E-state index contributed by atoms with van der Waals surface area (Å²) in [4.78, 5) is 11.4. The van der Waals surface area contributed by atoms with Gasteiger partial charge in [-0.3, -0.25) is 4.79 Å². The van der Waals surface area contributed by atoms with E-state index < -0.39 is 0 Å². The second kappa shape index (κ2) is 2.82. The van der Waals surface area contributed by atoms with Gasteiger partial charge in [-0.25, -0.2) is 0 Å². The molecule has 1 unspecified atom stereocenters. The van der Waals surface area contributed by atoms with E-state index in [1.165, 1.54) is 0 Å². The summed E-state index contributed by atoms with van der Waals surface area (Å²) in [6.07, 6.45) is 6.13. The van der Waals surface area contributed by atoms with Crippen LogP contribution in [0.25, 0.3) is 0 Å². The molecule has 0 aliphatic heterocycles. The predicted molar refractivity (Wildman–Crippen MR) is 48.3 cm³/mol. The Labute approximate surface area is 73.7 Å². The quantitative estimate of drug-likeness (QED) is 0.611. The van der Waals surface area contributed by atoms with Gasteiger partial charge in [0.1, 0.15) is 0 Å². The summed E-state index contributed by atoms with van der Waals surface area (Å²) in [5, 5.41) is 2.77. The van der Waals surface area contributed by atoms with Gasteiger partial charge in [-0.05, 0) is 18.8 Å². The van der Waals surface area contributed by atoms with E-state index >= 15 is 0 Å². The molecular formula is C10H15NO. The maximum atomic E-state index is 11.4. The first kappa shape index (κ1) is 9.12. The minimum absolute atomic E-state index is 0.102. The first-order valence-corrected chi connectivity index (χ1v) is 4.24. The maximum absolute atomic E-state index is 11.4. The highest BCUT2D eigenvalue weighted by atomic mass is 16.2. The van der Waals surface area contributed by atoms with Crippen molar-refractivity contribution in [1.29, 1.82) is 0 Å². The Morgan fingerprint density at radius 2 is 2.25 bits per heavy atom. The Kier molecular flexibility index (Phi) is 2.14. The Bertz CT molecular complexity index is 237. The average Bonchev–Trinajstić information content (AvgIpc) is 2.59. The fourth-order valence-corrected chi connectivity index (χ4v) is 1.27. The van der Waals surface area contributed by atoms with Gasteiger partial charge < -0.3 is 5.32 Å². The van der Waals surface area contributed by atoms with Crippen molar-refractivity contribution in [2.75, 3.05) is 0 Å². The zero-order valence-electron chi connectivity index (χ0n) is 7.85. The fourth-order valence-electron chi connectivity index (χ4n) is 1.27. The monoisotopic (exact) mass is 165 g/mol. The molecule has 2 atom stereocenters. The molecule has 0 saturated heterocycles. The molecule has 1 fully saturated rings. The molecule has 12 heavy (non-hydrogen) atoms. The van der Waals surface area contributed by atoms with Crippen molar-refractivity contribution in [1.82, 2.24) is 5.32 Å². The van der Waals surface area contributed by atoms with Gasteiger partial charge in [0.2, 0.25) is 5.91 Å². The molecule has 1 aliphatic carbocycles. The van der Waals surface area contributed by atoms with Crippen molar-refractivity contribution in [2.45, 2.75) is 33.2 Å². The van der Waals surface area contributed by atoms with Crippen LogP contribution in [0.15, 0.2) is 0 Å². The molecule has 0 aromatic rings. The molecule has 1 amide bonds. The Morgan fingerprint density at radius 3 is 2.58 bits per heavy atom. The number of hydrogen-bond donors (Lipinski definition) is 1. The van der Waals surface area contributed by atoms with E-state index in [0.717, 1.165) is 6.42 Å². The van der Waals surface area contributed by atoms with Gasteiger partial charge in [-0.1, -0.05) is 19.8 Å². The van der Waals surface area contributed by atoms with Crippen molar-refractivity contribution in [2.24, 2.45) is 11.3 Å². The Balaban J connectivity index is 2.38. The maximum Gasteiger partial charge on any atom is 0.224 e. The van der Waals surface area contributed by atoms with Crippen LogP contribution >= 0.6 is 0 Å². The second-order valence-electron chi connectivity index (χ2n) is 4.14. The molecule has 2 heteroatoms. The molecule has 0 heterocycles. The number of amides is 1. The van der Waals surface area contributed by atoms with Crippen LogP contribution in [-0.2, 0) is 4.79 Å². The summed E-state index contributed by atoms with van der Waals surface area (Å²) in [6.45, 7) is 6.00. The normalized spacial score (nSPS) is 27.0. The number of hydrogen-bond acceptors (Lipinski definition) is 1. The van der Waals surface area contributed by atoms with Gasteiger partial charge in [-0.2, -0.15) is 0 Å². The minimum Gasteiger partial charge on any atom is -0.342 e. The molecular weight excluding hydrogens is 150 g/mol. The average molecular weight is 165 g/mol. The summed E-state index contributed by atoms with van der Waals surface area (Å²) in [7, 11) is 0. The third-order valence-electron chi connectivity index (χ3n) is 2.44. The number of carbonyl (C=O) groups is 1. The van der Waals surface area contributed by atoms with E-state index in [4.69, 9.17) is 6.42 Å². The first-order chi connectivity index (χ1) is 5.47. The number of terminal acetylenes is 1. The third kappa shape index (κ3) is 1.79. The van der Waals surface area contributed by atoms with Crippen LogP contribution in [0.1, 0.15) is 27.2 Å². The van der Waals surface area contributed by atoms with Gasteiger partial charge in [0.25, 0.3) is 0 Å². The molecule has 1 aliphatic rings. The highest BCUT2D eigenvalue weighted by Crippen LogP contribution is 2.51. The summed E-state index contributed by atoms with van der Waals surface area (Å²) >= 11 is 0. The van der Waals surface area contributed by atoms with Crippen molar-refractivity contribution in [3.63, 3.8) is 0 Å². The van der Waals surface area contributed by atoms with Crippen molar-refractivity contribution in [3.8, 4) is 12.3 Å². The molecule has 0 radical (unpaired) electrons. The lowest BCUT2D eigenvalue weighted by Gasteiger charge is -2.08. The molecule has 0 spiro atoms. The SMILES string of the molecule is C#CC(C)NC(=O)[C@H]1CC1(C)C. The topological polar surface area (TPSA) is 29.1 Å². The van der Waals surface area contributed by atoms with Gasteiger partial charge >= 0.3 is 0 Å². The van der Waals surface area contributed by atoms with Crippen molar-refractivity contribution in [3.05, 3.63) is 0 Å². The van der Waals surface area contributed by atoms with E-state index in [-0.39, 0.29) is 23.3 Å². The lowest BCUT2D eigenvalue weighted by atomic mass is 10.1. The van der Waals surface area contributed by atoms with Crippen LogP contribution in [0.2, 0.25) is 0 Å². The van der Waals surface area contributed by atoms with Crippen LogP contribution in [-0.4, -0.2) is 11.9 Å².